The fourth-order valence-electron chi connectivity index (χ4n) is 6.97. The lowest BCUT2D eigenvalue weighted by atomic mass is 9.96. The molecule has 3 aliphatic rings. The monoisotopic (exact) mass is 834 g/mol. The summed E-state index contributed by atoms with van der Waals surface area (Å²) in [6.45, 7) is 0.818. The van der Waals surface area contributed by atoms with Crippen molar-refractivity contribution < 1.29 is 84.0 Å². The SMILES string of the molecule is C[C@@H]1O[C@@H](OC[C@H]2O[C@@H](Oc3c(-c4ccc(O)c(O)c4)oc4cc(O)cc(O)c4c3=O)[C@H](O)[C@@H](O)[C@@H]2O)[C@H](O)[C@H](O)[C@H]1O.O=C1CC(c2ccccc2)Oc2ccccc21. The van der Waals surface area contributed by atoms with E-state index in [0.29, 0.717) is 17.7 Å². The molecule has 0 saturated carbocycles. The first-order valence-electron chi connectivity index (χ1n) is 18.7. The van der Waals surface area contributed by atoms with Gasteiger partial charge in [-0.3, -0.25) is 9.59 Å². The Morgan fingerprint density at radius 3 is 2.10 bits per heavy atom. The largest absolute Gasteiger partial charge is 0.508 e. The maximum atomic E-state index is 13.6. The number of rotatable bonds is 7. The molecule has 1 aromatic heterocycles. The van der Waals surface area contributed by atoms with Crippen LogP contribution in [0.2, 0.25) is 0 Å². The van der Waals surface area contributed by atoms with E-state index in [1.165, 1.54) is 13.0 Å². The predicted molar refractivity (Wildman–Crippen MR) is 205 cm³/mol. The molecule has 18 nitrogen and oxygen atoms in total. The number of phenolic OH excluding ortho intramolecular Hbond substituents is 4. The highest BCUT2D eigenvalue weighted by Gasteiger charge is 2.48. The molecule has 2 fully saturated rings. The Kier molecular flexibility index (Phi) is 12.3. The summed E-state index contributed by atoms with van der Waals surface area (Å²) in [7, 11) is 0. The highest BCUT2D eigenvalue weighted by molar-refractivity contribution is 6.00. The van der Waals surface area contributed by atoms with E-state index in [0.717, 1.165) is 29.8 Å². The molecule has 2 saturated heterocycles. The van der Waals surface area contributed by atoms with Crippen LogP contribution < -0.4 is 14.9 Å². The number of hydrogen-bond donors (Lipinski definition) is 10. The number of carbonyl (C=O) groups is 1. The van der Waals surface area contributed by atoms with Crippen LogP contribution >= 0.6 is 0 Å². The van der Waals surface area contributed by atoms with Crippen molar-refractivity contribution in [1.82, 2.24) is 0 Å². The van der Waals surface area contributed by atoms with Gasteiger partial charge >= 0.3 is 0 Å². The molecule has 18 heteroatoms. The van der Waals surface area contributed by atoms with Crippen LogP contribution in [-0.4, -0.2) is 125 Å². The lowest BCUT2D eigenvalue weighted by molar-refractivity contribution is -0.318. The first-order chi connectivity index (χ1) is 28.6. The van der Waals surface area contributed by atoms with Gasteiger partial charge in [-0.05, 0) is 42.8 Å². The average molecular weight is 835 g/mol. The maximum absolute atomic E-state index is 13.6. The Labute approximate surface area is 339 Å². The number of aliphatic hydroxyl groups is 6. The summed E-state index contributed by atoms with van der Waals surface area (Å²) in [5.41, 5.74) is 0.397. The van der Waals surface area contributed by atoms with Crippen molar-refractivity contribution in [3.8, 4) is 45.8 Å². The van der Waals surface area contributed by atoms with Gasteiger partial charge in [0.1, 0.15) is 77.0 Å². The third-order valence-electron chi connectivity index (χ3n) is 10.3. The standard InChI is InChI=1S/C27H30O16.C15H12O2/c1-8-17(32)20(35)22(37)26(40-8)39-7-15-18(33)21(36)23(38)27(42-15)43-25-19(34)16-13(31)5-10(28)6-14(16)41-24(25)9-2-3-11(29)12(30)4-9;16-13-10-15(11-6-2-1-3-7-11)17-14-9-5-4-8-12(13)14/h2-6,8,15,17-18,20-23,26-33,35-38H,7H2,1H3;1-9,15H,10H2/t8-,15+,17-,18+,20+,21-,22+,23+,26+,27-;/m0./s1. The van der Waals surface area contributed by atoms with Gasteiger partial charge < -0.3 is 79.2 Å². The summed E-state index contributed by atoms with van der Waals surface area (Å²) < 4.78 is 33.7. The van der Waals surface area contributed by atoms with Crippen LogP contribution in [0.5, 0.6) is 34.5 Å². The third-order valence-corrected chi connectivity index (χ3v) is 10.3. The Balaban J connectivity index is 0.000000265. The van der Waals surface area contributed by atoms with Gasteiger partial charge in [0.15, 0.2) is 29.3 Å². The summed E-state index contributed by atoms with van der Waals surface area (Å²) >= 11 is 0. The minimum atomic E-state index is -1.97. The number of hydrogen-bond acceptors (Lipinski definition) is 18. The molecule has 1 unspecified atom stereocenters. The van der Waals surface area contributed by atoms with Crippen molar-refractivity contribution in [2.75, 3.05) is 6.61 Å². The van der Waals surface area contributed by atoms with Crippen LogP contribution in [0.3, 0.4) is 0 Å². The van der Waals surface area contributed by atoms with E-state index < -0.39 is 113 Å². The molecule has 3 aliphatic heterocycles. The molecule has 10 N–H and O–H groups in total. The van der Waals surface area contributed by atoms with Gasteiger partial charge in [-0.15, -0.1) is 0 Å². The topological polar surface area (TPSA) is 296 Å². The molecule has 318 valence electrons. The first kappa shape index (κ1) is 42.3. The van der Waals surface area contributed by atoms with E-state index in [-0.39, 0.29) is 23.0 Å². The zero-order valence-electron chi connectivity index (χ0n) is 31.6. The summed E-state index contributed by atoms with van der Waals surface area (Å²) in [6, 6.07) is 22.5. The van der Waals surface area contributed by atoms with Crippen LogP contribution in [0.15, 0.2) is 94.1 Å². The van der Waals surface area contributed by atoms with Crippen molar-refractivity contribution >= 4 is 16.8 Å². The molecule has 5 aromatic rings. The fourth-order valence-corrected chi connectivity index (χ4v) is 6.97. The zero-order chi connectivity index (χ0) is 43.0. The number of aliphatic hydroxyl groups excluding tert-OH is 6. The van der Waals surface area contributed by atoms with Gasteiger partial charge in [0.2, 0.25) is 17.5 Å². The van der Waals surface area contributed by atoms with E-state index in [4.69, 9.17) is 28.1 Å². The zero-order valence-corrected chi connectivity index (χ0v) is 31.6. The quantitative estimate of drug-likeness (QED) is 0.104. The highest BCUT2D eigenvalue weighted by Crippen LogP contribution is 2.40. The molecule has 0 spiro atoms. The fraction of sp³-hybridized carbons (Fsp3) is 0.333. The minimum absolute atomic E-state index is 0.0313. The molecule has 60 heavy (non-hydrogen) atoms. The van der Waals surface area contributed by atoms with E-state index in [9.17, 15) is 60.7 Å². The number of benzene rings is 4. The number of para-hydroxylation sites is 1. The molecule has 0 radical (unpaired) electrons. The molecule has 4 heterocycles. The first-order valence-corrected chi connectivity index (χ1v) is 18.7. The molecule has 4 aromatic carbocycles. The van der Waals surface area contributed by atoms with Gasteiger partial charge in [0.05, 0.1) is 24.7 Å². The number of phenols is 4. The van der Waals surface area contributed by atoms with Gasteiger partial charge in [0, 0.05) is 17.7 Å². The number of fused-ring (bicyclic) bond motifs is 2. The molecule has 0 aliphatic carbocycles. The molecule has 11 atom stereocenters. The second-order valence-corrected chi connectivity index (χ2v) is 14.4. The summed E-state index contributed by atoms with van der Waals surface area (Å²) in [5, 5.41) is 101. The van der Waals surface area contributed by atoms with Crippen LogP contribution in [0.1, 0.15) is 35.4 Å². The Morgan fingerprint density at radius 2 is 1.37 bits per heavy atom. The second kappa shape index (κ2) is 17.4. The number of ketones is 1. The van der Waals surface area contributed by atoms with Crippen molar-refractivity contribution in [2.24, 2.45) is 0 Å². The normalized spacial score (nSPS) is 28.9. The van der Waals surface area contributed by atoms with Gasteiger partial charge in [0.25, 0.3) is 0 Å². The number of Topliss-reactive ketones (excluding diaryl/α,β-unsaturated/α-hetero) is 1. The minimum Gasteiger partial charge on any atom is -0.508 e. The van der Waals surface area contributed by atoms with E-state index >= 15 is 0 Å². The van der Waals surface area contributed by atoms with Gasteiger partial charge in [-0.2, -0.15) is 0 Å². The summed E-state index contributed by atoms with van der Waals surface area (Å²) in [6.07, 6.45) is -15.9. The van der Waals surface area contributed by atoms with E-state index in [1.807, 2.05) is 54.6 Å². The lowest BCUT2D eigenvalue weighted by Crippen LogP contribution is -2.61. The third kappa shape index (κ3) is 8.46. The van der Waals surface area contributed by atoms with Crippen molar-refractivity contribution in [3.63, 3.8) is 0 Å². The van der Waals surface area contributed by atoms with Crippen molar-refractivity contribution in [1.29, 1.82) is 0 Å². The second-order valence-electron chi connectivity index (χ2n) is 14.4. The van der Waals surface area contributed by atoms with Crippen LogP contribution in [0.4, 0.5) is 0 Å². The van der Waals surface area contributed by atoms with Crippen LogP contribution in [-0.2, 0) is 14.2 Å². The van der Waals surface area contributed by atoms with Crippen molar-refractivity contribution in [2.45, 2.75) is 80.9 Å². The van der Waals surface area contributed by atoms with Crippen LogP contribution in [0.25, 0.3) is 22.3 Å². The molecule has 0 amide bonds. The molecular formula is C42H42O18. The average Bonchev–Trinajstić information content (AvgIpc) is 3.23. The predicted octanol–water partition coefficient (Wildman–Crippen LogP) is 1.71. The molecule has 0 bridgehead atoms. The number of carbonyl (C=O) groups excluding carboxylic acids is 1. The molecular weight excluding hydrogens is 792 g/mol. The maximum Gasteiger partial charge on any atom is 0.239 e. The summed E-state index contributed by atoms with van der Waals surface area (Å²) in [4.78, 5) is 25.6. The highest BCUT2D eigenvalue weighted by atomic mass is 16.7. The Morgan fingerprint density at radius 1 is 0.683 bits per heavy atom. The van der Waals surface area contributed by atoms with E-state index in [2.05, 4.69) is 0 Å². The smallest absolute Gasteiger partial charge is 0.239 e. The Bertz CT molecular complexity index is 2390. The number of ether oxygens (including phenoxy) is 5. The van der Waals surface area contributed by atoms with Gasteiger partial charge in [-0.1, -0.05) is 42.5 Å². The lowest BCUT2D eigenvalue weighted by Gasteiger charge is -2.42. The van der Waals surface area contributed by atoms with Crippen LogP contribution in [0, 0.1) is 0 Å². The van der Waals surface area contributed by atoms with Gasteiger partial charge in [-0.25, -0.2) is 0 Å². The van der Waals surface area contributed by atoms with Crippen molar-refractivity contribution in [3.05, 3.63) is 106 Å². The molecule has 8 rings (SSSR count). The Hall–Kier alpha value is -5.80. The number of aromatic hydroxyl groups is 4. The summed E-state index contributed by atoms with van der Waals surface area (Å²) in [5.74, 6) is -2.49. The van der Waals surface area contributed by atoms with E-state index in [1.54, 1.807) is 0 Å².